The van der Waals surface area contributed by atoms with Gasteiger partial charge in [-0.2, -0.15) is 10.5 Å². The minimum Gasteiger partial charge on any atom is -0.493 e. The molecule has 0 bridgehead atoms. The molecule has 1 aromatic rings. The summed E-state index contributed by atoms with van der Waals surface area (Å²) in [6, 6.07) is 6.60. The van der Waals surface area contributed by atoms with E-state index in [0.717, 1.165) is 0 Å². The van der Waals surface area contributed by atoms with Gasteiger partial charge in [0, 0.05) is 12.1 Å². The Labute approximate surface area is 104 Å². The van der Waals surface area contributed by atoms with Gasteiger partial charge in [0.05, 0.1) is 31.5 Å². The molecule has 0 atom stereocenters. The molecular formula is C12H11N3O3. The number of carbonyl (C=O) groups is 1. The summed E-state index contributed by atoms with van der Waals surface area (Å²) < 4.78 is 10.1. The highest BCUT2D eigenvalue weighted by molar-refractivity contribution is 5.93. The highest BCUT2D eigenvalue weighted by atomic mass is 16.5. The second-order valence-corrected chi connectivity index (χ2v) is 3.25. The molecule has 0 spiro atoms. The molecule has 0 fully saturated rings. The normalized spacial score (nSPS) is 8.89. The van der Waals surface area contributed by atoms with E-state index >= 15 is 0 Å². The molecule has 1 rings (SSSR count). The fourth-order valence-corrected chi connectivity index (χ4v) is 1.34. The van der Waals surface area contributed by atoms with Crippen LogP contribution >= 0.6 is 0 Å². The lowest BCUT2D eigenvalue weighted by molar-refractivity contribution is -0.115. The quantitative estimate of drug-likeness (QED) is 0.865. The van der Waals surface area contributed by atoms with Gasteiger partial charge in [0.2, 0.25) is 5.91 Å². The van der Waals surface area contributed by atoms with Gasteiger partial charge >= 0.3 is 0 Å². The maximum absolute atomic E-state index is 11.3. The molecule has 1 amide bonds. The van der Waals surface area contributed by atoms with Crippen LogP contribution in [0, 0.1) is 22.7 Å². The topological polar surface area (TPSA) is 95.1 Å². The average molecular weight is 245 g/mol. The zero-order valence-corrected chi connectivity index (χ0v) is 9.98. The van der Waals surface area contributed by atoms with E-state index in [-0.39, 0.29) is 17.7 Å². The van der Waals surface area contributed by atoms with Crippen LogP contribution in [0.3, 0.4) is 0 Å². The van der Waals surface area contributed by atoms with Gasteiger partial charge in [0.25, 0.3) is 0 Å². The Balaban J connectivity index is 3.15. The number of rotatable bonds is 4. The number of ether oxygens (including phenoxy) is 2. The molecular weight excluding hydrogens is 234 g/mol. The number of amides is 1. The van der Waals surface area contributed by atoms with E-state index in [1.54, 1.807) is 6.07 Å². The van der Waals surface area contributed by atoms with Gasteiger partial charge in [-0.1, -0.05) is 0 Å². The Hall–Kier alpha value is -2.73. The molecule has 0 aromatic heterocycles. The van der Waals surface area contributed by atoms with Crippen molar-refractivity contribution < 1.29 is 14.3 Å². The SMILES string of the molecule is COc1cc(C#N)c(NC(=O)CC#N)cc1OC. The third kappa shape index (κ3) is 2.89. The van der Waals surface area contributed by atoms with E-state index in [0.29, 0.717) is 11.5 Å². The van der Waals surface area contributed by atoms with E-state index < -0.39 is 5.91 Å². The summed E-state index contributed by atoms with van der Waals surface area (Å²) in [4.78, 5) is 11.3. The second-order valence-electron chi connectivity index (χ2n) is 3.25. The number of nitriles is 2. The molecule has 0 saturated heterocycles. The summed E-state index contributed by atoms with van der Waals surface area (Å²) in [5.41, 5.74) is 0.523. The zero-order valence-electron chi connectivity index (χ0n) is 9.98. The number of anilines is 1. The first-order chi connectivity index (χ1) is 8.65. The summed E-state index contributed by atoms with van der Waals surface area (Å²) in [5.74, 6) is 0.303. The lowest BCUT2D eigenvalue weighted by atomic mass is 10.1. The van der Waals surface area contributed by atoms with Crippen molar-refractivity contribution in [3.05, 3.63) is 17.7 Å². The molecule has 0 saturated carbocycles. The molecule has 0 aliphatic rings. The first-order valence-electron chi connectivity index (χ1n) is 4.99. The number of nitrogens with one attached hydrogen (secondary N) is 1. The predicted molar refractivity (Wildman–Crippen MR) is 63.1 cm³/mol. The number of hydrogen-bond donors (Lipinski definition) is 1. The van der Waals surface area contributed by atoms with Gasteiger partial charge < -0.3 is 14.8 Å². The van der Waals surface area contributed by atoms with Gasteiger partial charge in [-0.3, -0.25) is 4.79 Å². The summed E-state index contributed by atoms with van der Waals surface area (Å²) in [7, 11) is 2.90. The Morgan fingerprint density at radius 2 is 1.89 bits per heavy atom. The van der Waals surface area contributed by atoms with Crippen LogP contribution in [0.15, 0.2) is 12.1 Å². The van der Waals surface area contributed by atoms with E-state index in [4.69, 9.17) is 20.0 Å². The maximum Gasteiger partial charge on any atom is 0.238 e. The minimum absolute atomic E-state index is 0.235. The lowest BCUT2D eigenvalue weighted by Crippen LogP contribution is -2.11. The first-order valence-corrected chi connectivity index (χ1v) is 4.99. The van der Waals surface area contributed by atoms with Crippen LogP contribution in [0.2, 0.25) is 0 Å². The standard InChI is InChI=1S/C12H11N3O3/c1-17-10-5-8(7-14)9(6-11(10)18-2)15-12(16)3-4-13/h5-6H,3H2,1-2H3,(H,15,16). The van der Waals surface area contributed by atoms with Gasteiger partial charge in [0.15, 0.2) is 11.5 Å². The maximum atomic E-state index is 11.3. The van der Waals surface area contributed by atoms with Crippen LogP contribution < -0.4 is 14.8 Å². The van der Waals surface area contributed by atoms with Gasteiger partial charge in [-0.15, -0.1) is 0 Å². The molecule has 18 heavy (non-hydrogen) atoms. The summed E-state index contributed by atoms with van der Waals surface area (Å²) in [6.45, 7) is 0. The highest BCUT2D eigenvalue weighted by Gasteiger charge is 2.12. The molecule has 0 heterocycles. The fraction of sp³-hybridized carbons (Fsp3) is 0.250. The van der Waals surface area contributed by atoms with Crippen molar-refractivity contribution >= 4 is 11.6 Å². The minimum atomic E-state index is -0.485. The van der Waals surface area contributed by atoms with Crippen molar-refractivity contribution in [1.82, 2.24) is 0 Å². The molecule has 6 heteroatoms. The Bertz CT molecular complexity index is 541. The first kappa shape index (κ1) is 13.3. The molecule has 0 aliphatic carbocycles. The predicted octanol–water partition coefficient (Wildman–Crippen LogP) is 1.43. The Morgan fingerprint density at radius 1 is 1.28 bits per heavy atom. The van der Waals surface area contributed by atoms with Crippen molar-refractivity contribution in [1.29, 1.82) is 10.5 Å². The lowest BCUT2D eigenvalue weighted by Gasteiger charge is -2.11. The third-order valence-electron chi connectivity index (χ3n) is 2.16. The molecule has 1 N–H and O–H groups in total. The molecule has 0 radical (unpaired) electrons. The van der Waals surface area contributed by atoms with Crippen molar-refractivity contribution in [2.45, 2.75) is 6.42 Å². The molecule has 6 nitrogen and oxygen atoms in total. The van der Waals surface area contributed by atoms with Crippen LogP contribution in [0.25, 0.3) is 0 Å². The summed E-state index contributed by atoms with van der Waals surface area (Å²) >= 11 is 0. The van der Waals surface area contributed by atoms with Crippen LogP contribution in [-0.4, -0.2) is 20.1 Å². The molecule has 0 aliphatic heterocycles. The van der Waals surface area contributed by atoms with E-state index in [1.807, 2.05) is 6.07 Å². The fourth-order valence-electron chi connectivity index (χ4n) is 1.34. The third-order valence-corrected chi connectivity index (χ3v) is 2.16. The average Bonchev–Trinajstić information content (AvgIpc) is 2.38. The highest BCUT2D eigenvalue weighted by Crippen LogP contribution is 2.32. The van der Waals surface area contributed by atoms with Crippen molar-refractivity contribution in [3.63, 3.8) is 0 Å². The molecule has 0 unspecified atom stereocenters. The largest absolute Gasteiger partial charge is 0.493 e. The van der Waals surface area contributed by atoms with Crippen molar-refractivity contribution in [2.75, 3.05) is 19.5 Å². The summed E-state index contributed by atoms with van der Waals surface area (Å²) in [5, 5.41) is 19.9. The molecule has 1 aromatic carbocycles. The number of nitrogens with zero attached hydrogens (tertiary/aromatic N) is 2. The van der Waals surface area contributed by atoms with Crippen LogP contribution in [0.4, 0.5) is 5.69 Å². The number of methoxy groups -OCH3 is 2. The smallest absolute Gasteiger partial charge is 0.238 e. The van der Waals surface area contributed by atoms with Gasteiger partial charge in [0.1, 0.15) is 12.5 Å². The summed E-state index contributed by atoms with van der Waals surface area (Å²) in [6.07, 6.45) is -0.279. The Kier molecular flexibility index (Phi) is 4.53. The van der Waals surface area contributed by atoms with Crippen LogP contribution in [0.5, 0.6) is 11.5 Å². The van der Waals surface area contributed by atoms with Gasteiger partial charge in [-0.05, 0) is 0 Å². The van der Waals surface area contributed by atoms with Crippen molar-refractivity contribution in [3.8, 4) is 23.6 Å². The second kappa shape index (κ2) is 6.12. The molecule has 92 valence electrons. The van der Waals surface area contributed by atoms with Gasteiger partial charge in [-0.25, -0.2) is 0 Å². The number of benzene rings is 1. The number of hydrogen-bond acceptors (Lipinski definition) is 5. The van der Waals surface area contributed by atoms with Crippen LogP contribution in [0.1, 0.15) is 12.0 Å². The van der Waals surface area contributed by atoms with E-state index in [2.05, 4.69) is 5.32 Å². The van der Waals surface area contributed by atoms with Crippen LogP contribution in [-0.2, 0) is 4.79 Å². The van der Waals surface area contributed by atoms with Crippen molar-refractivity contribution in [2.24, 2.45) is 0 Å². The van der Waals surface area contributed by atoms with E-state index in [9.17, 15) is 4.79 Å². The monoisotopic (exact) mass is 245 g/mol. The number of carbonyl (C=O) groups excluding carboxylic acids is 1. The van der Waals surface area contributed by atoms with E-state index in [1.165, 1.54) is 26.4 Å². The zero-order chi connectivity index (χ0) is 13.5. The Morgan fingerprint density at radius 3 is 2.39 bits per heavy atom.